The van der Waals surface area contributed by atoms with E-state index in [0.717, 1.165) is 11.4 Å². The van der Waals surface area contributed by atoms with Crippen molar-refractivity contribution in [2.75, 3.05) is 11.1 Å². The molecule has 0 saturated carbocycles. The van der Waals surface area contributed by atoms with Crippen molar-refractivity contribution in [1.82, 2.24) is 4.98 Å². The number of hydrogen-bond acceptors (Lipinski definition) is 5. The topological polar surface area (TPSA) is 94.0 Å². The third-order valence-corrected chi connectivity index (χ3v) is 4.30. The number of anilines is 2. The van der Waals surface area contributed by atoms with Crippen LogP contribution in [0.2, 0.25) is 0 Å². The molecule has 0 radical (unpaired) electrons. The Balaban J connectivity index is 2.23. The highest BCUT2D eigenvalue weighted by molar-refractivity contribution is 7.11. The van der Waals surface area contributed by atoms with Gasteiger partial charge in [0, 0.05) is 22.4 Å². The molecular formula is C14H18N4OS. The number of primary amides is 1. The minimum atomic E-state index is -0.500. The minimum Gasteiger partial charge on any atom is -0.399 e. The first-order valence-corrected chi connectivity index (χ1v) is 7.23. The van der Waals surface area contributed by atoms with E-state index in [2.05, 4.69) is 17.2 Å². The Morgan fingerprint density at radius 2 is 2.25 bits per heavy atom. The van der Waals surface area contributed by atoms with Gasteiger partial charge in [0.15, 0.2) is 0 Å². The number of nitrogens with two attached hydrogens (primary N) is 2. The third-order valence-electron chi connectivity index (χ3n) is 2.97. The number of aryl methyl sites for hydroxylation is 1. The second-order valence-electron chi connectivity index (χ2n) is 4.55. The molecule has 1 atom stereocenters. The standard InChI is InChI=1S/C14H18N4OS/c1-3-10-7-17-14(20-10)8(2)18-12-5-4-9(15)6-11(12)13(16)19/h4-8,18H,3,15H2,1-2H3,(H2,16,19). The molecule has 1 aromatic heterocycles. The number of nitrogen functional groups attached to an aromatic ring is 1. The number of aromatic nitrogens is 1. The van der Waals surface area contributed by atoms with Gasteiger partial charge in [0.2, 0.25) is 0 Å². The summed E-state index contributed by atoms with van der Waals surface area (Å²) in [6.45, 7) is 4.10. The molecule has 20 heavy (non-hydrogen) atoms. The molecular weight excluding hydrogens is 272 g/mol. The molecule has 0 aliphatic rings. The first-order chi connectivity index (χ1) is 9.51. The van der Waals surface area contributed by atoms with Gasteiger partial charge in [-0.15, -0.1) is 11.3 Å². The molecule has 1 aromatic carbocycles. The van der Waals surface area contributed by atoms with Crippen LogP contribution >= 0.6 is 11.3 Å². The number of benzene rings is 1. The summed E-state index contributed by atoms with van der Waals surface area (Å²) in [7, 11) is 0. The van der Waals surface area contributed by atoms with Gasteiger partial charge in [-0.1, -0.05) is 6.92 Å². The van der Waals surface area contributed by atoms with E-state index in [1.54, 1.807) is 29.5 Å². The minimum absolute atomic E-state index is 0.00187. The van der Waals surface area contributed by atoms with Gasteiger partial charge in [-0.05, 0) is 31.5 Å². The molecule has 0 bridgehead atoms. The summed E-state index contributed by atoms with van der Waals surface area (Å²) in [5.41, 5.74) is 12.6. The Morgan fingerprint density at radius 3 is 2.85 bits per heavy atom. The number of carbonyl (C=O) groups is 1. The van der Waals surface area contributed by atoms with Crippen LogP contribution in [0.5, 0.6) is 0 Å². The number of rotatable bonds is 5. The Bertz CT molecular complexity index is 623. The quantitative estimate of drug-likeness (QED) is 0.738. The first kappa shape index (κ1) is 14.3. The van der Waals surface area contributed by atoms with Crippen molar-refractivity contribution in [1.29, 1.82) is 0 Å². The van der Waals surface area contributed by atoms with Crippen molar-refractivity contribution in [3.8, 4) is 0 Å². The van der Waals surface area contributed by atoms with Crippen LogP contribution in [-0.2, 0) is 6.42 Å². The van der Waals surface area contributed by atoms with Crippen molar-refractivity contribution in [3.63, 3.8) is 0 Å². The smallest absolute Gasteiger partial charge is 0.250 e. The van der Waals surface area contributed by atoms with E-state index >= 15 is 0 Å². The van der Waals surface area contributed by atoms with E-state index in [1.807, 2.05) is 13.1 Å². The fraction of sp³-hybridized carbons (Fsp3) is 0.286. The van der Waals surface area contributed by atoms with Crippen molar-refractivity contribution < 1.29 is 4.79 Å². The summed E-state index contributed by atoms with van der Waals surface area (Å²) in [4.78, 5) is 17.1. The lowest BCUT2D eigenvalue weighted by Gasteiger charge is -2.15. The van der Waals surface area contributed by atoms with Crippen LogP contribution in [0.1, 0.15) is 40.1 Å². The molecule has 2 aromatic rings. The van der Waals surface area contributed by atoms with Crippen LogP contribution < -0.4 is 16.8 Å². The highest BCUT2D eigenvalue weighted by Gasteiger charge is 2.14. The predicted octanol–water partition coefficient (Wildman–Crippen LogP) is 2.56. The fourth-order valence-corrected chi connectivity index (χ4v) is 2.73. The highest BCUT2D eigenvalue weighted by Crippen LogP contribution is 2.26. The van der Waals surface area contributed by atoms with Crippen molar-refractivity contribution >= 4 is 28.6 Å². The lowest BCUT2D eigenvalue weighted by molar-refractivity contribution is 0.100. The van der Waals surface area contributed by atoms with Crippen molar-refractivity contribution in [3.05, 3.63) is 39.8 Å². The number of amides is 1. The molecule has 106 valence electrons. The van der Waals surface area contributed by atoms with Gasteiger partial charge in [-0.2, -0.15) is 0 Å². The van der Waals surface area contributed by atoms with E-state index in [9.17, 15) is 4.79 Å². The molecule has 5 nitrogen and oxygen atoms in total. The molecule has 0 saturated heterocycles. The average Bonchev–Trinajstić information content (AvgIpc) is 2.89. The lowest BCUT2D eigenvalue weighted by Crippen LogP contribution is -2.16. The molecule has 5 N–H and O–H groups in total. The number of thiazole rings is 1. The molecule has 0 spiro atoms. The largest absolute Gasteiger partial charge is 0.399 e. The molecule has 0 fully saturated rings. The van der Waals surface area contributed by atoms with Crippen LogP contribution in [0.3, 0.4) is 0 Å². The maximum absolute atomic E-state index is 11.5. The SMILES string of the molecule is CCc1cnc(C(C)Nc2ccc(N)cc2C(N)=O)s1. The van der Waals surface area contributed by atoms with Crippen molar-refractivity contribution in [2.24, 2.45) is 5.73 Å². The molecule has 2 rings (SSSR count). The zero-order chi connectivity index (χ0) is 14.7. The van der Waals surface area contributed by atoms with Crippen molar-refractivity contribution in [2.45, 2.75) is 26.3 Å². The molecule has 1 unspecified atom stereocenters. The van der Waals surface area contributed by atoms with Crippen LogP contribution in [0.4, 0.5) is 11.4 Å². The molecule has 1 heterocycles. The third kappa shape index (κ3) is 3.08. The van der Waals surface area contributed by atoms with Crippen LogP contribution in [0.15, 0.2) is 24.4 Å². The number of hydrogen-bond donors (Lipinski definition) is 3. The first-order valence-electron chi connectivity index (χ1n) is 6.41. The maximum Gasteiger partial charge on any atom is 0.250 e. The highest BCUT2D eigenvalue weighted by atomic mass is 32.1. The van der Waals surface area contributed by atoms with E-state index in [-0.39, 0.29) is 6.04 Å². The number of nitrogens with one attached hydrogen (secondary N) is 1. The van der Waals surface area contributed by atoms with Gasteiger partial charge in [0.05, 0.1) is 11.6 Å². The maximum atomic E-state index is 11.5. The lowest BCUT2D eigenvalue weighted by atomic mass is 10.1. The Hall–Kier alpha value is -2.08. The summed E-state index contributed by atoms with van der Waals surface area (Å²) in [5, 5.41) is 4.24. The zero-order valence-corrected chi connectivity index (χ0v) is 12.3. The van der Waals surface area contributed by atoms with E-state index in [0.29, 0.717) is 16.9 Å². The summed E-state index contributed by atoms with van der Waals surface area (Å²) in [5.74, 6) is -0.500. The number of carbonyl (C=O) groups excluding carboxylic acids is 1. The normalized spacial score (nSPS) is 12.1. The summed E-state index contributed by atoms with van der Waals surface area (Å²) >= 11 is 1.66. The second kappa shape index (κ2) is 5.92. The predicted molar refractivity (Wildman–Crippen MR) is 82.9 cm³/mol. The Labute approximate surface area is 122 Å². The molecule has 6 heteroatoms. The monoisotopic (exact) mass is 290 g/mol. The Morgan fingerprint density at radius 1 is 1.50 bits per heavy atom. The van der Waals surface area contributed by atoms with Gasteiger partial charge in [0.1, 0.15) is 5.01 Å². The summed E-state index contributed by atoms with van der Waals surface area (Å²) < 4.78 is 0. The van der Waals surface area contributed by atoms with Gasteiger partial charge in [-0.3, -0.25) is 4.79 Å². The van der Waals surface area contributed by atoms with Crippen LogP contribution in [0, 0.1) is 0 Å². The Kier molecular flexibility index (Phi) is 4.24. The molecule has 0 aliphatic heterocycles. The van der Waals surface area contributed by atoms with Gasteiger partial charge in [0.25, 0.3) is 5.91 Å². The van der Waals surface area contributed by atoms with Crippen LogP contribution in [0.25, 0.3) is 0 Å². The van der Waals surface area contributed by atoms with Gasteiger partial charge in [-0.25, -0.2) is 4.98 Å². The van der Waals surface area contributed by atoms with E-state index in [1.165, 1.54) is 4.88 Å². The van der Waals surface area contributed by atoms with Gasteiger partial charge >= 0.3 is 0 Å². The molecule has 1 amide bonds. The van der Waals surface area contributed by atoms with E-state index < -0.39 is 5.91 Å². The average molecular weight is 290 g/mol. The zero-order valence-electron chi connectivity index (χ0n) is 11.5. The van der Waals surface area contributed by atoms with Gasteiger partial charge < -0.3 is 16.8 Å². The molecule has 0 aliphatic carbocycles. The van der Waals surface area contributed by atoms with E-state index in [4.69, 9.17) is 11.5 Å². The fourth-order valence-electron chi connectivity index (χ4n) is 1.87. The van der Waals surface area contributed by atoms with Crippen LogP contribution in [-0.4, -0.2) is 10.9 Å². The summed E-state index contributed by atoms with van der Waals surface area (Å²) in [6, 6.07) is 5.08. The number of nitrogens with zero attached hydrogens (tertiary/aromatic N) is 1. The summed E-state index contributed by atoms with van der Waals surface area (Å²) in [6.07, 6.45) is 2.86. The second-order valence-corrected chi connectivity index (χ2v) is 5.70.